The summed E-state index contributed by atoms with van der Waals surface area (Å²) in [5.41, 5.74) is 0.902. The highest BCUT2D eigenvalue weighted by Crippen LogP contribution is 2.31. The first-order valence-electron chi connectivity index (χ1n) is 5.03. The lowest BCUT2D eigenvalue weighted by atomic mass is 10.3. The van der Waals surface area contributed by atoms with Crippen LogP contribution in [0, 0.1) is 5.92 Å². The van der Waals surface area contributed by atoms with Gasteiger partial charge in [-0.05, 0) is 52.9 Å². The molecule has 0 aromatic heterocycles. The molecule has 0 unspecified atom stereocenters. The summed E-state index contributed by atoms with van der Waals surface area (Å²) in [5.74, 6) is 0.768. The van der Waals surface area contributed by atoms with Crippen molar-refractivity contribution in [3.8, 4) is 0 Å². The lowest BCUT2D eigenvalue weighted by Crippen LogP contribution is -2.12. The lowest BCUT2D eigenvalue weighted by molar-refractivity contribution is 0.598. The Balaban J connectivity index is 2.15. The van der Waals surface area contributed by atoms with Crippen LogP contribution in [-0.2, 0) is 10.0 Å². The Labute approximate surface area is 103 Å². The van der Waals surface area contributed by atoms with Gasteiger partial charge in [0.25, 0.3) is 0 Å². The van der Waals surface area contributed by atoms with Gasteiger partial charge < -0.3 is 5.32 Å². The minimum absolute atomic E-state index is 0.122. The number of benzene rings is 1. The standard InChI is InChI=1S/C10H13BrN2O2S/c11-9-5-8(16(12,14)15)3-4-10(9)13-6-7-1-2-7/h3-5,7,13H,1-2,6H2,(H2,12,14,15). The largest absolute Gasteiger partial charge is 0.384 e. The first kappa shape index (κ1) is 11.9. The van der Waals surface area contributed by atoms with Gasteiger partial charge >= 0.3 is 0 Å². The Morgan fingerprint density at radius 3 is 2.62 bits per heavy atom. The van der Waals surface area contributed by atoms with Crippen LogP contribution in [0.1, 0.15) is 12.8 Å². The highest BCUT2D eigenvalue weighted by Gasteiger charge is 2.21. The molecule has 1 aliphatic rings. The molecule has 0 aliphatic heterocycles. The van der Waals surface area contributed by atoms with Crippen molar-refractivity contribution in [3.63, 3.8) is 0 Å². The van der Waals surface area contributed by atoms with E-state index in [0.717, 1.165) is 22.6 Å². The maximum Gasteiger partial charge on any atom is 0.238 e. The van der Waals surface area contributed by atoms with E-state index in [-0.39, 0.29) is 4.90 Å². The Hall–Kier alpha value is -0.590. The van der Waals surface area contributed by atoms with E-state index in [1.165, 1.54) is 25.0 Å². The number of halogens is 1. The number of nitrogens with two attached hydrogens (primary N) is 1. The average Bonchev–Trinajstić information content (AvgIpc) is 2.98. The zero-order valence-corrected chi connectivity index (χ0v) is 11.0. The summed E-state index contributed by atoms with van der Waals surface area (Å²) in [7, 11) is -3.62. The Morgan fingerprint density at radius 2 is 2.12 bits per heavy atom. The zero-order chi connectivity index (χ0) is 11.8. The van der Waals surface area contributed by atoms with E-state index < -0.39 is 10.0 Å². The molecule has 0 radical (unpaired) electrons. The SMILES string of the molecule is NS(=O)(=O)c1ccc(NCC2CC2)c(Br)c1. The van der Waals surface area contributed by atoms with Crippen molar-refractivity contribution in [2.75, 3.05) is 11.9 Å². The van der Waals surface area contributed by atoms with E-state index in [1.807, 2.05) is 0 Å². The molecule has 0 atom stereocenters. The summed E-state index contributed by atoms with van der Waals surface area (Å²) in [6, 6.07) is 4.76. The third kappa shape index (κ3) is 2.96. The van der Waals surface area contributed by atoms with Gasteiger partial charge in [-0.1, -0.05) is 0 Å². The highest BCUT2D eigenvalue weighted by atomic mass is 79.9. The molecule has 1 saturated carbocycles. The first-order chi connectivity index (χ1) is 7.47. The number of hydrogen-bond acceptors (Lipinski definition) is 3. The minimum atomic E-state index is -3.62. The van der Waals surface area contributed by atoms with E-state index in [1.54, 1.807) is 6.07 Å². The normalized spacial score (nSPS) is 16.1. The molecule has 6 heteroatoms. The maximum absolute atomic E-state index is 11.1. The monoisotopic (exact) mass is 304 g/mol. The molecule has 0 amide bonds. The summed E-state index contributed by atoms with van der Waals surface area (Å²) in [6.45, 7) is 0.938. The average molecular weight is 305 g/mol. The summed E-state index contributed by atoms with van der Waals surface area (Å²) in [6.07, 6.45) is 2.56. The molecule has 88 valence electrons. The van der Waals surface area contributed by atoms with E-state index in [0.29, 0.717) is 0 Å². The van der Waals surface area contributed by atoms with Gasteiger partial charge in [-0.3, -0.25) is 0 Å². The van der Waals surface area contributed by atoms with Crippen molar-refractivity contribution >= 4 is 31.6 Å². The number of hydrogen-bond donors (Lipinski definition) is 2. The van der Waals surface area contributed by atoms with Gasteiger partial charge in [0.2, 0.25) is 10.0 Å². The number of rotatable bonds is 4. The molecule has 1 aromatic rings. The van der Waals surface area contributed by atoms with Gasteiger partial charge in [-0.15, -0.1) is 0 Å². The van der Waals surface area contributed by atoms with Crippen LogP contribution < -0.4 is 10.5 Å². The molecule has 0 heterocycles. The topological polar surface area (TPSA) is 72.2 Å². The van der Waals surface area contributed by atoms with Gasteiger partial charge in [0.1, 0.15) is 0 Å². The van der Waals surface area contributed by atoms with Gasteiger partial charge in [-0.2, -0.15) is 0 Å². The van der Waals surface area contributed by atoms with Crippen LogP contribution >= 0.6 is 15.9 Å². The third-order valence-corrected chi connectivity index (χ3v) is 4.11. The first-order valence-corrected chi connectivity index (χ1v) is 7.37. The summed E-state index contributed by atoms with van der Waals surface area (Å²) in [4.78, 5) is 0.122. The van der Waals surface area contributed by atoms with Crippen LogP contribution in [0.4, 0.5) is 5.69 Å². The van der Waals surface area contributed by atoms with Crippen LogP contribution in [-0.4, -0.2) is 15.0 Å². The number of primary sulfonamides is 1. The Bertz CT molecular complexity index is 498. The molecule has 0 bridgehead atoms. The lowest BCUT2D eigenvalue weighted by Gasteiger charge is -2.08. The quantitative estimate of drug-likeness (QED) is 0.892. The van der Waals surface area contributed by atoms with Crippen molar-refractivity contribution in [2.24, 2.45) is 11.1 Å². The highest BCUT2D eigenvalue weighted by molar-refractivity contribution is 9.10. The fourth-order valence-electron chi connectivity index (χ4n) is 1.39. The van der Waals surface area contributed by atoms with Crippen LogP contribution in [0.3, 0.4) is 0 Å². The van der Waals surface area contributed by atoms with E-state index >= 15 is 0 Å². The number of sulfonamides is 1. The summed E-state index contributed by atoms with van der Waals surface area (Å²) >= 11 is 3.33. The Kier molecular flexibility index (Phi) is 3.23. The second-order valence-corrected chi connectivity index (χ2v) is 6.43. The van der Waals surface area contributed by atoms with Crippen LogP contribution in [0.5, 0.6) is 0 Å². The fourth-order valence-corrected chi connectivity index (χ4v) is 2.60. The van der Waals surface area contributed by atoms with Crippen LogP contribution in [0.2, 0.25) is 0 Å². The third-order valence-electron chi connectivity index (χ3n) is 2.55. The van der Waals surface area contributed by atoms with E-state index in [2.05, 4.69) is 21.2 Å². The van der Waals surface area contributed by atoms with Gasteiger partial charge in [0, 0.05) is 16.7 Å². The maximum atomic E-state index is 11.1. The molecule has 0 saturated heterocycles. The van der Waals surface area contributed by atoms with Gasteiger partial charge in [0.15, 0.2) is 0 Å². The van der Waals surface area contributed by atoms with Crippen molar-refractivity contribution < 1.29 is 8.42 Å². The van der Waals surface area contributed by atoms with Crippen molar-refractivity contribution in [3.05, 3.63) is 22.7 Å². The predicted octanol–water partition coefficient (Wildman–Crippen LogP) is 1.92. The van der Waals surface area contributed by atoms with Crippen molar-refractivity contribution in [1.29, 1.82) is 0 Å². The zero-order valence-electron chi connectivity index (χ0n) is 8.61. The van der Waals surface area contributed by atoms with E-state index in [9.17, 15) is 8.42 Å². The number of anilines is 1. The van der Waals surface area contributed by atoms with Gasteiger partial charge in [0.05, 0.1) is 4.90 Å². The van der Waals surface area contributed by atoms with Crippen molar-refractivity contribution in [1.82, 2.24) is 0 Å². The molecule has 1 fully saturated rings. The minimum Gasteiger partial charge on any atom is -0.384 e. The molecule has 4 nitrogen and oxygen atoms in total. The number of nitrogens with one attached hydrogen (secondary N) is 1. The molecular weight excluding hydrogens is 292 g/mol. The second kappa shape index (κ2) is 4.35. The summed E-state index contributed by atoms with van der Waals surface area (Å²) in [5, 5.41) is 8.31. The molecule has 3 N–H and O–H groups in total. The van der Waals surface area contributed by atoms with Gasteiger partial charge in [-0.25, -0.2) is 13.6 Å². The van der Waals surface area contributed by atoms with Crippen LogP contribution in [0.15, 0.2) is 27.6 Å². The smallest absolute Gasteiger partial charge is 0.238 e. The predicted molar refractivity (Wildman–Crippen MR) is 66.7 cm³/mol. The Morgan fingerprint density at radius 1 is 1.44 bits per heavy atom. The molecule has 16 heavy (non-hydrogen) atoms. The molecule has 0 spiro atoms. The second-order valence-electron chi connectivity index (χ2n) is 4.01. The molecule has 2 rings (SSSR count). The fraction of sp³-hybridized carbons (Fsp3) is 0.400. The molecular formula is C10H13BrN2O2S. The molecule has 1 aliphatic carbocycles. The van der Waals surface area contributed by atoms with E-state index in [4.69, 9.17) is 5.14 Å². The van der Waals surface area contributed by atoms with Crippen molar-refractivity contribution in [2.45, 2.75) is 17.7 Å². The van der Waals surface area contributed by atoms with Crippen LogP contribution in [0.25, 0.3) is 0 Å². The summed E-state index contributed by atoms with van der Waals surface area (Å²) < 4.78 is 22.9. The molecule has 1 aromatic carbocycles.